The topological polar surface area (TPSA) is 39.2 Å². The van der Waals surface area contributed by atoms with E-state index in [0.29, 0.717) is 6.42 Å². The van der Waals surface area contributed by atoms with Gasteiger partial charge in [-0.25, -0.2) is 4.98 Å². The van der Waals surface area contributed by atoms with Crippen LogP contribution in [-0.4, -0.2) is 23.5 Å². The number of pyridine rings is 1. The van der Waals surface area contributed by atoms with Gasteiger partial charge in [0.2, 0.25) is 0 Å². The molecule has 19 heavy (non-hydrogen) atoms. The molecule has 1 aliphatic heterocycles. The number of Topliss-reactive ketones (excluding diaryl/α,β-unsaturated/α-hetero) is 1. The van der Waals surface area contributed by atoms with Crippen molar-refractivity contribution in [1.82, 2.24) is 4.98 Å². The first-order valence-electron chi connectivity index (χ1n) is 5.68. The predicted octanol–water partition coefficient (Wildman–Crippen LogP) is 3.36. The van der Waals surface area contributed by atoms with Gasteiger partial charge in [-0.2, -0.15) is 13.2 Å². The smallest absolute Gasteiger partial charge is 0.378 e. The standard InChI is InChI=1S/C12H11ClF3NO2/c1-6-4-7(5-19-6)10(18)8-2-3-9(12(14,15)16)17-11(8)13/h2-3,6-7H,4-5H2,1H3. The van der Waals surface area contributed by atoms with E-state index < -0.39 is 17.0 Å². The van der Waals surface area contributed by atoms with Gasteiger partial charge in [0.25, 0.3) is 0 Å². The summed E-state index contributed by atoms with van der Waals surface area (Å²) in [5.74, 6) is -0.693. The Morgan fingerprint density at radius 1 is 1.47 bits per heavy atom. The third kappa shape index (κ3) is 3.06. The van der Waals surface area contributed by atoms with Crippen LogP contribution in [0.1, 0.15) is 29.4 Å². The number of rotatable bonds is 2. The Morgan fingerprint density at radius 2 is 2.16 bits per heavy atom. The zero-order chi connectivity index (χ0) is 14.2. The third-order valence-electron chi connectivity index (χ3n) is 2.97. The van der Waals surface area contributed by atoms with Gasteiger partial charge in [0.1, 0.15) is 10.8 Å². The molecule has 1 aromatic heterocycles. The summed E-state index contributed by atoms with van der Waals surface area (Å²) in [6.45, 7) is 2.09. The van der Waals surface area contributed by atoms with Gasteiger partial charge in [-0.1, -0.05) is 11.6 Å². The second-order valence-electron chi connectivity index (χ2n) is 4.47. The Labute approximate surface area is 112 Å². The quantitative estimate of drug-likeness (QED) is 0.620. The van der Waals surface area contributed by atoms with Crippen molar-refractivity contribution in [2.75, 3.05) is 6.61 Å². The number of halogens is 4. The fraction of sp³-hybridized carbons (Fsp3) is 0.500. The summed E-state index contributed by atoms with van der Waals surface area (Å²) in [7, 11) is 0. The van der Waals surface area contributed by atoms with E-state index in [1.54, 1.807) is 0 Å². The van der Waals surface area contributed by atoms with E-state index in [1.165, 1.54) is 0 Å². The van der Waals surface area contributed by atoms with E-state index >= 15 is 0 Å². The van der Waals surface area contributed by atoms with Crippen molar-refractivity contribution in [3.05, 3.63) is 28.5 Å². The molecule has 2 rings (SSSR count). The number of carbonyl (C=O) groups excluding carboxylic acids is 1. The van der Waals surface area contributed by atoms with Gasteiger partial charge < -0.3 is 4.74 Å². The number of alkyl halides is 3. The van der Waals surface area contributed by atoms with Gasteiger partial charge in [0.05, 0.1) is 18.3 Å². The van der Waals surface area contributed by atoms with Crippen LogP contribution in [0.5, 0.6) is 0 Å². The number of nitrogens with zero attached hydrogens (tertiary/aromatic N) is 1. The van der Waals surface area contributed by atoms with Crippen molar-refractivity contribution in [3.63, 3.8) is 0 Å². The van der Waals surface area contributed by atoms with Gasteiger partial charge in [0, 0.05) is 5.92 Å². The van der Waals surface area contributed by atoms with Crippen LogP contribution in [0.25, 0.3) is 0 Å². The van der Waals surface area contributed by atoms with E-state index in [-0.39, 0.29) is 30.0 Å². The maximum absolute atomic E-state index is 12.4. The molecule has 2 heterocycles. The highest BCUT2D eigenvalue weighted by atomic mass is 35.5. The van der Waals surface area contributed by atoms with Crippen LogP contribution in [0.3, 0.4) is 0 Å². The van der Waals surface area contributed by atoms with Crippen molar-refractivity contribution >= 4 is 17.4 Å². The zero-order valence-electron chi connectivity index (χ0n) is 10.00. The maximum atomic E-state index is 12.4. The van der Waals surface area contributed by atoms with E-state index in [9.17, 15) is 18.0 Å². The SMILES string of the molecule is CC1CC(C(=O)c2ccc(C(F)(F)F)nc2Cl)CO1. The summed E-state index contributed by atoms with van der Waals surface area (Å²) >= 11 is 5.67. The number of hydrogen-bond donors (Lipinski definition) is 0. The normalized spacial score (nSPS) is 23.6. The molecule has 0 spiro atoms. The molecule has 0 N–H and O–H groups in total. The van der Waals surface area contributed by atoms with Crippen molar-refractivity contribution in [1.29, 1.82) is 0 Å². The molecular formula is C12H11ClF3NO2. The lowest BCUT2D eigenvalue weighted by Gasteiger charge is -2.10. The Morgan fingerprint density at radius 3 is 2.63 bits per heavy atom. The Balaban J connectivity index is 2.24. The van der Waals surface area contributed by atoms with E-state index in [2.05, 4.69) is 4.98 Å². The summed E-state index contributed by atoms with van der Waals surface area (Å²) in [5, 5.41) is -0.417. The number of hydrogen-bond acceptors (Lipinski definition) is 3. The lowest BCUT2D eigenvalue weighted by Crippen LogP contribution is -2.17. The minimum absolute atomic E-state index is 0.0115. The first-order valence-corrected chi connectivity index (χ1v) is 6.06. The number of ketones is 1. The minimum Gasteiger partial charge on any atom is -0.378 e. The fourth-order valence-corrected chi connectivity index (χ4v) is 2.24. The lowest BCUT2D eigenvalue weighted by atomic mass is 9.96. The fourth-order valence-electron chi connectivity index (χ4n) is 2.00. The molecule has 1 aromatic rings. The monoisotopic (exact) mass is 293 g/mol. The molecule has 1 aliphatic rings. The predicted molar refractivity (Wildman–Crippen MR) is 62.1 cm³/mol. The molecule has 0 aromatic carbocycles. The average Bonchev–Trinajstić information content (AvgIpc) is 2.73. The molecule has 0 radical (unpaired) electrons. The Kier molecular flexibility index (Phi) is 3.82. The summed E-state index contributed by atoms with van der Waals surface area (Å²) in [4.78, 5) is 15.3. The van der Waals surface area contributed by atoms with Crippen LogP contribution in [0.4, 0.5) is 13.2 Å². The molecule has 7 heteroatoms. The molecule has 0 bridgehead atoms. The summed E-state index contributed by atoms with van der Waals surface area (Å²) in [6.07, 6.45) is -4.07. The maximum Gasteiger partial charge on any atom is 0.433 e. The van der Waals surface area contributed by atoms with Gasteiger partial charge in [-0.15, -0.1) is 0 Å². The Bertz CT molecular complexity index is 504. The van der Waals surface area contributed by atoms with Crippen molar-refractivity contribution < 1.29 is 22.7 Å². The first-order chi connectivity index (χ1) is 8.79. The van der Waals surface area contributed by atoms with Crippen LogP contribution in [0.2, 0.25) is 5.15 Å². The summed E-state index contributed by atoms with van der Waals surface area (Å²) < 4.78 is 42.5. The van der Waals surface area contributed by atoms with Crippen LogP contribution in [-0.2, 0) is 10.9 Å². The summed E-state index contributed by atoms with van der Waals surface area (Å²) in [5.41, 5.74) is -1.09. The van der Waals surface area contributed by atoms with Crippen LogP contribution in [0, 0.1) is 5.92 Å². The lowest BCUT2D eigenvalue weighted by molar-refractivity contribution is -0.141. The highest BCUT2D eigenvalue weighted by Gasteiger charge is 2.35. The summed E-state index contributed by atoms with van der Waals surface area (Å²) in [6, 6.07) is 1.84. The molecule has 3 nitrogen and oxygen atoms in total. The zero-order valence-corrected chi connectivity index (χ0v) is 10.8. The van der Waals surface area contributed by atoms with Crippen molar-refractivity contribution in [3.8, 4) is 0 Å². The molecule has 104 valence electrons. The van der Waals surface area contributed by atoms with E-state index in [0.717, 1.165) is 12.1 Å². The molecule has 1 fully saturated rings. The largest absolute Gasteiger partial charge is 0.433 e. The van der Waals surface area contributed by atoms with Gasteiger partial charge in [-0.05, 0) is 25.5 Å². The number of ether oxygens (including phenoxy) is 1. The van der Waals surface area contributed by atoms with Crippen LogP contribution in [0.15, 0.2) is 12.1 Å². The van der Waals surface area contributed by atoms with Gasteiger partial charge in [-0.3, -0.25) is 4.79 Å². The highest BCUT2D eigenvalue weighted by Crippen LogP contribution is 2.31. The van der Waals surface area contributed by atoms with Gasteiger partial charge >= 0.3 is 6.18 Å². The highest BCUT2D eigenvalue weighted by molar-refractivity contribution is 6.32. The van der Waals surface area contributed by atoms with Crippen LogP contribution >= 0.6 is 11.6 Å². The minimum atomic E-state index is -4.57. The molecule has 0 amide bonds. The average molecular weight is 294 g/mol. The molecule has 0 aliphatic carbocycles. The molecule has 0 saturated carbocycles. The second-order valence-corrected chi connectivity index (χ2v) is 4.83. The third-order valence-corrected chi connectivity index (χ3v) is 3.26. The van der Waals surface area contributed by atoms with Crippen molar-refractivity contribution in [2.45, 2.75) is 25.6 Å². The second kappa shape index (κ2) is 5.09. The van der Waals surface area contributed by atoms with Crippen LogP contribution < -0.4 is 0 Å². The molecular weight excluding hydrogens is 283 g/mol. The molecule has 1 saturated heterocycles. The first kappa shape index (κ1) is 14.3. The molecule has 2 atom stereocenters. The number of carbonyl (C=O) groups is 1. The Hall–Kier alpha value is -1.14. The number of aromatic nitrogens is 1. The van der Waals surface area contributed by atoms with Crippen molar-refractivity contribution in [2.24, 2.45) is 5.92 Å². The van der Waals surface area contributed by atoms with Gasteiger partial charge in [0.15, 0.2) is 5.78 Å². The van der Waals surface area contributed by atoms with E-state index in [1.807, 2.05) is 6.92 Å². The molecule has 2 unspecified atom stereocenters. The van der Waals surface area contributed by atoms with E-state index in [4.69, 9.17) is 16.3 Å².